The first-order valence-electron chi connectivity index (χ1n) is 8.46. The zero-order valence-corrected chi connectivity index (χ0v) is 15.7. The number of benzene rings is 1. The number of hydrogen-bond acceptors (Lipinski definition) is 7. The molecule has 3 rings (SSSR count). The lowest BCUT2D eigenvalue weighted by molar-refractivity contribution is -0.276. The van der Waals surface area contributed by atoms with Crippen molar-refractivity contribution >= 4 is 12.1 Å². The van der Waals surface area contributed by atoms with Crippen LogP contribution in [-0.4, -0.2) is 40.5 Å². The van der Waals surface area contributed by atoms with E-state index in [2.05, 4.69) is 30.2 Å². The fourth-order valence-electron chi connectivity index (χ4n) is 2.29. The van der Waals surface area contributed by atoms with Crippen molar-refractivity contribution in [1.29, 1.82) is 0 Å². The number of nitrogens with zero attached hydrogens (tertiary/aromatic N) is 4. The number of nitrogens with one attached hydrogen (secondary N) is 1. The van der Waals surface area contributed by atoms with Crippen molar-refractivity contribution in [3.63, 3.8) is 0 Å². The third-order valence-corrected chi connectivity index (χ3v) is 3.69. The summed E-state index contributed by atoms with van der Waals surface area (Å²) in [7, 11) is 1.42. The van der Waals surface area contributed by atoms with E-state index >= 15 is 0 Å². The highest BCUT2D eigenvalue weighted by Gasteiger charge is 2.31. The molecule has 0 unspecified atom stereocenters. The first-order chi connectivity index (χ1) is 14.7. The summed E-state index contributed by atoms with van der Waals surface area (Å²) < 4.78 is 59.1. The van der Waals surface area contributed by atoms with Crippen LogP contribution in [0.25, 0.3) is 11.3 Å². The van der Waals surface area contributed by atoms with Crippen LogP contribution in [0.2, 0.25) is 0 Å². The summed E-state index contributed by atoms with van der Waals surface area (Å²) in [6, 6.07) is 6.30. The largest absolute Gasteiger partial charge is 0.574 e. The van der Waals surface area contributed by atoms with E-state index in [0.717, 1.165) is 24.7 Å². The summed E-state index contributed by atoms with van der Waals surface area (Å²) in [6.07, 6.45) is -0.213. The summed E-state index contributed by atoms with van der Waals surface area (Å²) in [6.45, 7) is 0. The molecule has 3 aromatic rings. The molecule has 12 heteroatoms. The van der Waals surface area contributed by atoms with Gasteiger partial charge < -0.3 is 9.47 Å². The topological polar surface area (TPSA) is 98.6 Å². The number of ether oxygens (including phenoxy) is 2. The Bertz CT molecular complexity index is 1100. The van der Waals surface area contributed by atoms with Crippen LogP contribution in [0.15, 0.2) is 54.0 Å². The molecule has 0 saturated heterocycles. The van der Waals surface area contributed by atoms with E-state index in [9.17, 15) is 22.4 Å². The van der Waals surface area contributed by atoms with Gasteiger partial charge >= 0.3 is 6.36 Å². The Morgan fingerprint density at radius 3 is 2.65 bits per heavy atom. The van der Waals surface area contributed by atoms with Gasteiger partial charge in [-0.15, -0.1) is 13.2 Å². The first-order valence-corrected chi connectivity index (χ1v) is 8.46. The Labute approximate surface area is 172 Å². The molecule has 0 aliphatic heterocycles. The van der Waals surface area contributed by atoms with Gasteiger partial charge in [0.15, 0.2) is 0 Å². The molecule has 0 fully saturated rings. The number of rotatable bonds is 6. The maximum atomic E-state index is 13.8. The normalized spacial score (nSPS) is 11.4. The number of alkyl halides is 3. The van der Waals surface area contributed by atoms with E-state index in [1.807, 2.05) is 0 Å². The van der Waals surface area contributed by atoms with Crippen LogP contribution in [0.1, 0.15) is 16.1 Å². The van der Waals surface area contributed by atoms with E-state index in [4.69, 9.17) is 4.74 Å². The molecule has 0 aliphatic rings. The lowest BCUT2D eigenvalue weighted by atomic mass is 10.2. The fourth-order valence-corrected chi connectivity index (χ4v) is 2.29. The minimum absolute atomic E-state index is 0.0896. The summed E-state index contributed by atoms with van der Waals surface area (Å²) >= 11 is 0. The van der Waals surface area contributed by atoms with Gasteiger partial charge in [0.2, 0.25) is 5.88 Å². The van der Waals surface area contributed by atoms with Gasteiger partial charge in [0.1, 0.15) is 17.3 Å². The van der Waals surface area contributed by atoms with Crippen LogP contribution in [-0.2, 0) is 0 Å². The first kappa shape index (κ1) is 21.6. The van der Waals surface area contributed by atoms with Crippen LogP contribution in [0.5, 0.6) is 11.6 Å². The average molecular weight is 435 g/mol. The number of carbonyl (C=O) groups excluding carboxylic acids is 1. The van der Waals surface area contributed by atoms with Gasteiger partial charge in [-0.05, 0) is 24.3 Å². The molecule has 0 aliphatic carbocycles. The highest BCUT2D eigenvalue weighted by Crippen LogP contribution is 2.23. The highest BCUT2D eigenvalue weighted by molar-refractivity contribution is 5.93. The quantitative estimate of drug-likeness (QED) is 0.362. The Balaban J connectivity index is 1.70. The SMILES string of the molecule is COc1ccc(F)c(/C=N/NC(=O)c2cncc(-c3ccc(OC(F)(F)F)nc3)n2)c1. The second-order valence-electron chi connectivity index (χ2n) is 5.81. The zero-order chi connectivity index (χ0) is 22.4. The van der Waals surface area contributed by atoms with Gasteiger partial charge in [0, 0.05) is 23.4 Å². The maximum Gasteiger partial charge on any atom is 0.574 e. The van der Waals surface area contributed by atoms with Gasteiger partial charge in [-0.25, -0.2) is 19.8 Å². The predicted molar refractivity (Wildman–Crippen MR) is 100.0 cm³/mol. The molecule has 0 bridgehead atoms. The summed E-state index contributed by atoms with van der Waals surface area (Å²) in [5.41, 5.74) is 2.63. The van der Waals surface area contributed by atoms with Crippen molar-refractivity contribution in [2.45, 2.75) is 6.36 Å². The van der Waals surface area contributed by atoms with Gasteiger partial charge in [-0.2, -0.15) is 5.10 Å². The minimum Gasteiger partial charge on any atom is -0.497 e. The minimum atomic E-state index is -4.86. The molecule has 0 saturated carbocycles. The van der Waals surface area contributed by atoms with Crippen LogP contribution in [0, 0.1) is 5.82 Å². The third kappa shape index (κ3) is 5.95. The third-order valence-electron chi connectivity index (χ3n) is 3.69. The molecule has 1 aromatic carbocycles. The molecule has 0 atom stereocenters. The van der Waals surface area contributed by atoms with Crippen LogP contribution in [0.3, 0.4) is 0 Å². The molecule has 8 nitrogen and oxygen atoms in total. The molecule has 1 amide bonds. The molecule has 2 heterocycles. The number of aromatic nitrogens is 3. The van der Waals surface area contributed by atoms with Crippen molar-refractivity contribution in [2.24, 2.45) is 5.10 Å². The van der Waals surface area contributed by atoms with Crippen LogP contribution in [0.4, 0.5) is 17.6 Å². The fraction of sp³-hybridized carbons (Fsp3) is 0.105. The van der Waals surface area contributed by atoms with E-state index in [1.165, 1.54) is 37.6 Å². The Hall–Kier alpha value is -4.09. The van der Waals surface area contributed by atoms with Crippen molar-refractivity contribution in [1.82, 2.24) is 20.4 Å². The van der Waals surface area contributed by atoms with Crippen molar-refractivity contribution in [3.05, 3.63) is 66.0 Å². The molecule has 2 aromatic heterocycles. The van der Waals surface area contributed by atoms with Crippen LogP contribution >= 0.6 is 0 Å². The highest BCUT2D eigenvalue weighted by atomic mass is 19.4. The maximum absolute atomic E-state index is 13.8. The second kappa shape index (κ2) is 9.15. The Kier molecular flexibility index (Phi) is 6.38. The van der Waals surface area contributed by atoms with E-state index < -0.39 is 24.0 Å². The smallest absolute Gasteiger partial charge is 0.497 e. The van der Waals surface area contributed by atoms with E-state index in [0.29, 0.717) is 11.3 Å². The number of carbonyl (C=O) groups is 1. The summed E-state index contributed by atoms with van der Waals surface area (Å²) in [5, 5.41) is 3.68. The molecule has 31 heavy (non-hydrogen) atoms. The molecule has 0 radical (unpaired) electrons. The molecular formula is C19H13F4N5O3. The van der Waals surface area contributed by atoms with E-state index in [1.54, 1.807) is 0 Å². The van der Waals surface area contributed by atoms with Crippen molar-refractivity contribution < 1.29 is 31.8 Å². The van der Waals surface area contributed by atoms with Gasteiger partial charge in [0.05, 0.1) is 31.4 Å². The Morgan fingerprint density at radius 2 is 1.97 bits per heavy atom. The number of pyridine rings is 1. The monoisotopic (exact) mass is 435 g/mol. The molecule has 0 spiro atoms. The molecular weight excluding hydrogens is 422 g/mol. The van der Waals surface area contributed by atoms with Crippen LogP contribution < -0.4 is 14.9 Å². The average Bonchev–Trinajstić information content (AvgIpc) is 2.74. The number of methoxy groups -OCH3 is 1. The number of halogens is 4. The summed E-state index contributed by atoms with van der Waals surface area (Å²) in [5.74, 6) is -1.53. The number of hydrazone groups is 1. The lowest BCUT2D eigenvalue weighted by Crippen LogP contribution is -2.19. The van der Waals surface area contributed by atoms with Gasteiger partial charge in [-0.3, -0.25) is 9.78 Å². The van der Waals surface area contributed by atoms with Crippen molar-refractivity contribution in [3.8, 4) is 22.9 Å². The summed E-state index contributed by atoms with van der Waals surface area (Å²) in [4.78, 5) is 23.7. The standard InChI is InChI=1S/C19H13F4N5O3/c1-30-13-3-4-14(20)12(6-13)8-26-28-18(29)16-10-24-9-15(27-16)11-2-5-17(25-7-11)31-19(21,22)23/h2-10H,1H3,(H,28,29)/b26-8+. The van der Waals surface area contributed by atoms with Gasteiger partial charge in [-0.1, -0.05) is 0 Å². The lowest BCUT2D eigenvalue weighted by Gasteiger charge is -2.08. The second-order valence-corrected chi connectivity index (χ2v) is 5.81. The number of amides is 1. The van der Waals surface area contributed by atoms with Crippen molar-refractivity contribution in [2.75, 3.05) is 7.11 Å². The number of hydrogen-bond donors (Lipinski definition) is 1. The van der Waals surface area contributed by atoms with E-state index in [-0.39, 0.29) is 17.0 Å². The Morgan fingerprint density at radius 1 is 1.16 bits per heavy atom. The zero-order valence-electron chi connectivity index (χ0n) is 15.7. The molecule has 160 valence electrons. The molecule has 1 N–H and O–H groups in total. The van der Waals surface area contributed by atoms with Gasteiger partial charge in [0.25, 0.3) is 5.91 Å². The predicted octanol–water partition coefficient (Wildman–Crippen LogP) is 3.35.